The van der Waals surface area contributed by atoms with Gasteiger partial charge in [-0.3, -0.25) is 4.79 Å². The van der Waals surface area contributed by atoms with Crippen molar-refractivity contribution in [3.05, 3.63) is 33.9 Å². The van der Waals surface area contributed by atoms with Crippen LogP contribution in [0.5, 0.6) is 0 Å². The number of rotatable bonds is 3. The highest BCUT2D eigenvalue weighted by molar-refractivity contribution is 6.39. The van der Waals surface area contributed by atoms with Crippen molar-refractivity contribution >= 4 is 39.9 Å². The number of hydrogen-bond donors (Lipinski definition) is 1. The Morgan fingerprint density at radius 1 is 1.35 bits per heavy atom. The van der Waals surface area contributed by atoms with E-state index < -0.39 is 0 Å². The molecule has 1 saturated carbocycles. The summed E-state index contributed by atoms with van der Waals surface area (Å²) in [6, 6.07) is 3.46. The summed E-state index contributed by atoms with van der Waals surface area (Å²) in [7, 11) is 0. The number of carbonyl (C=O) groups excluding carboxylic acids is 1. The number of aromatic amines is 1. The zero-order valence-corrected chi connectivity index (χ0v) is 10.6. The molecule has 1 aliphatic carbocycles. The van der Waals surface area contributed by atoms with Gasteiger partial charge in [0.25, 0.3) is 0 Å². The molecular formula is C13H11Cl2NO. The van der Waals surface area contributed by atoms with Crippen LogP contribution in [0.15, 0.2) is 18.3 Å². The minimum absolute atomic E-state index is 0.169. The Hall–Kier alpha value is -0.990. The third kappa shape index (κ3) is 2.07. The first kappa shape index (κ1) is 11.1. The molecule has 3 rings (SSSR count). The van der Waals surface area contributed by atoms with Gasteiger partial charge in [0.05, 0.1) is 5.02 Å². The van der Waals surface area contributed by atoms with E-state index in [2.05, 4.69) is 4.98 Å². The fraction of sp³-hybridized carbons (Fsp3) is 0.308. The molecule has 2 aromatic rings. The maximum Gasteiger partial charge on any atom is 0.165 e. The molecule has 17 heavy (non-hydrogen) atoms. The van der Waals surface area contributed by atoms with E-state index in [4.69, 9.17) is 23.2 Å². The standard InChI is InChI=1S/C13H11Cl2NO/c14-8-4-10(15)13-9(6-16-11(13)5-8)12(17)3-7-1-2-7/h4-7,16H,1-3H2. The molecule has 0 saturated heterocycles. The van der Waals surface area contributed by atoms with Gasteiger partial charge in [0.1, 0.15) is 0 Å². The quantitative estimate of drug-likeness (QED) is 0.819. The monoisotopic (exact) mass is 267 g/mol. The number of benzene rings is 1. The van der Waals surface area contributed by atoms with E-state index >= 15 is 0 Å². The lowest BCUT2D eigenvalue weighted by Gasteiger charge is -2.00. The normalized spacial score (nSPS) is 15.4. The highest BCUT2D eigenvalue weighted by Crippen LogP contribution is 2.36. The Morgan fingerprint density at radius 2 is 2.12 bits per heavy atom. The van der Waals surface area contributed by atoms with Gasteiger partial charge in [0.2, 0.25) is 0 Å². The van der Waals surface area contributed by atoms with Crippen molar-refractivity contribution in [1.82, 2.24) is 4.98 Å². The molecule has 1 heterocycles. The predicted octanol–water partition coefficient (Wildman–Crippen LogP) is 4.46. The minimum Gasteiger partial charge on any atom is -0.360 e. The van der Waals surface area contributed by atoms with Gasteiger partial charge in [0, 0.05) is 34.1 Å². The van der Waals surface area contributed by atoms with E-state index in [1.807, 2.05) is 0 Å². The molecule has 2 nitrogen and oxygen atoms in total. The SMILES string of the molecule is O=C(CC1CC1)c1c[nH]c2cc(Cl)cc(Cl)c12. The summed E-state index contributed by atoms with van der Waals surface area (Å²) in [5.41, 5.74) is 1.51. The summed E-state index contributed by atoms with van der Waals surface area (Å²) in [5, 5.41) is 1.90. The Labute approximate surface area is 109 Å². The molecule has 0 radical (unpaired) electrons. The van der Waals surface area contributed by atoms with Gasteiger partial charge in [0.15, 0.2) is 5.78 Å². The second-order valence-electron chi connectivity index (χ2n) is 4.58. The van der Waals surface area contributed by atoms with Crippen molar-refractivity contribution in [3.63, 3.8) is 0 Å². The predicted molar refractivity (Wildman–Crippen MR) is 70.0 cm³/mol. The second-order valence-corrected chi connectivity index (χ2v) is 5.43. The number of halogens is 2. The Morgan fingerprint density at radius 3 is 2.82 bits per heavy atom. The lowest BCUT2D eigenvalue weighted by Crippen LogP contribution is -1.98. The van der Waals surface area contributed by atoms with Crippen LogP contribution in [0.4, 0.5) is 0 Å². The van der Waals surface area contributed by atoms with E-state index in [9.17, 15) is 4.79 Å². The van der Waals surface area contributed by atoms with Crippen molar-refractivity contribution in [3.8, 4) is 0 Å². The van der Waals surface area contributed by atoms with Gasteiger partial charge in [-0.05, 0) is 30.9 Å². The summed E-state index contributed by atoms with van der Waals surface area (Å²) < 4.78 is 0. The molecule has 1 N–H and O–H groups in total. The Bertz CT molecular complexity index is 599. The number of hydrogen-bond acceptors (Lipinski definition) is 1. The maximum atomic E-state index is 12.1. The molecule has 0 amide bonds. The molecule has 0 spiro atoms. The van der Waals surface area contributed by atoms with Crippen molar-refractivity contribution in [2.45, 2.75) is 19.3 Å². The number of H-pyrrole nitrogens is 1. The summed E-state index contributed by atoms with van der Waals surface area (Å²) in [5.74, 6) is 0.751. The second kappa shape index (κ2) is 4.04. The average Bonchev–Trinajstić information content (AvgIpc) is 2.94. The molecule has 0 unspecified atom stereocenters. The van der Waals surface area contributed by atoms with Crippen LogP contribution in [0.2, 0.25) is 10.0 Å². The fourth-order valence-electron chi connectivity index (χ4n) is 2.10. The number of Topliss-reactive ketones (excluding diaryl/α,β-unsaturated/α-hetero) is 1. The first-order chi connectivity index (χ1) is 8.15. The maximum absolute atomic E-state index is 12.1. The van der Waals surface area contributed by atoms with Crippen molar-refractivity contribution in [2.24, 2.45) is 5.92 Å². The molecule has 0 aliphatic heterocycles. The van der Waals surface area contributed by atoms with Crippen LogP contribution in [0.3, 0.4) is 0 Å². The minimum atomic E-state index is 0.169. The van der Waals surface area contributed by atoms with Crippen LogP contribution in [0, 0.1) is 5.92 Å². The van der Waals surface area contributed by atoms with E-state index in [0.29, 0.717) is 27.9 Å². The number of nitrogens with one attached hydrogen (secondary N) is 1. The van der Waals surface area contributed by atoms with Gasteiger partial charge in [-0.2, -0.15) is 0 Å². The molecule has 1 fully saturated rings. The summed E-state index contributed by atoms with van der Waals surface area (Å²) in [6.45, 7) is 0. The van der Waals surface area contributed by atoms with Gasteiger partial charge in [-0.1, -0.05) is 23.2 Å². The van der Waals surface area contributed by atoms with E-state index in [-0.39, 0.29) is 5.78 Å². The van der Waals surface area contributed by atoms with Crippen LogP contribution in [0.25, 0.3) is 10.9 Å². The topological polar surface area (TPSA) is 32.9 Å². The molecule has 1 aromatic carbocycles. The van der Waals surface area contributed by atoms with Crippen LogP contribution in [-0.4, -0.2) is 10.8 Å². The van der Waals surface area contributed by atoms with Crippen molar-refractivity contribution < 1.29 is 4.79 Å². The van der Waals surface area contributed by atoms with Gasteiger partial charge < -0.3 is 4.98 Å². The number of ketones is 1. The fourth-order valence-corrected chi connectivity index (χ4v) is 2.69. The molecule has 0 bridgehead atoms. The van der Waals surface area contributed by atoms with E-state index in [1.54, 1.807) is 18.3 Å². The number of carbonyl (C=O) groups is 1. The van der Waals surface area contributed by atoms with Crippen molar-refractivity contribution in [2.75, 3.05) is 0 Å². The highest BCUT2D eigenvalue weighted by Gasteiger charge is 2.26. The van der Waals surface area contributed by atoms with Gasteiger partial charge in [-0.15, -0.1) is 0 Å². The van der Waals surface area contributed by atoms with E-state index in [1.165, 1.54) is 12.8 Å². The van der Waals surface area contributed by atoms with Crippen LogP contribution < -0.4 is 0 Å². The first-order valence-electron chi connectivity index (χ1n) is 5.64. The Balaban J connectivity index is 2.07. The van der Waals surface area contributed by atoms with Gasteiger partial charge in [-0.25, -0.2) is 0 Å². The third-order valence-corrected chi connectivity index (χ3v) is 3.68. The first-order valence-corrected chi connectivity index (χ1v) is 6.40. The highest BCUT2D eigenvalue weighted by atomic mass is 35.5. The van der Waals surface area contributed by atoms with E-state index in [0.717, 1.165) is 10.9 Å². The summed E-state index contributed by atoms with van der Waals surface area (Å²) >= 11 is 12.1. The smallest absolute Gasteiger partial charge is 0.165 e. The van der Waals surface area contributed by atoms with Crippen LogP contribution in [-0.2, 0) is 0 Å². The summed E-state index contributed by atoms with van der Waals surface area (Å²) in [6.07, 6.45) is 4.71. The third-order valence-electron chi connectivity index (χ3n) is 3.17. The Kier molecular flexibility index (Phi) is 2.64. The number of aromatic nitrogens is 1. The lowest BCUT2D eigenvalue weighted by atomic mass is 10.1. The van der Waals surface area contributed by atoms with Crippen LogP contribution in [0.1, 0.15) is 29.6 Å². The molecule has 88 valence electrons. The van der Waals surface area contributed by atoms with Crippen molar-refractivity contribution in [1.29, 1.82) is 0 Å². The van der Waals surface area contributed by atoms with Crippen LogP contribution >= 0.6 is 23.2 Å². The zero-order chi connectivity index (χ0) is 12.0. The zero-order valence-electron chi connectivity index (χ0n) is 9.09. The average molecular weight is 268 g/mol. The molecular weight excluding hydrogens is 257 g/mol. The summed E-state index contributed by atoms with van der Waals surface area (Å²) in [4.78, 5) is 15.2. The largest absolute Gasteiger partial charge is 0.360 e. The lowest BCUT2D eigenvalue weighted by molar-refractivity contribution is 0.0977. The molecule has 1 aromatic heterocycles. The molecule has 4 heteroatoms. The molecule has 1 aliphatic rings. The number of fused-ring (bicyclic) bond motifs is 1. The molecule has 0 atom stereocenters. The van der Waals surface area contributed by atoms with Gasteiger partial charge >= 0.3 is 0 Å².